The van der Waals surface area contributed by atoms with Crippen molar-refractivity contribution in [2.45, 2.75) is 6.42 Å². The van der Waals surface area contributed by atoms with Gasteiger partial charge in [0, 0.05) is 29.6 Å². The topological polar surface area (TPSA) is 24.9 Å². The quantitative estimate of drug-likeness (QED) is 0.886. The second-order valence-electron chi connectivity index (χ2n) is 3.19. The molecule has 0 saturated carbocycles. The molecular weight excluding hydrogens is 228 g/mol. The van der Waals surface area contributed by atoms with Gasteiger partial charge in [0.2, 0.25) is 0 Å². The van der Waals surface area contributed by atoms with Crippen LogP contribution >= 0.6 is 22.9 Å². The fourth-order valence-corrected chi connectivity index (χ4v) is 2.37. The van der Waals surface area contributed by atoms with Crippen LogP contribution in [-0.2, 0) is 6.42 Å². The first-order valence-electron chi connectivity index (χ1n) is 4.65. The molecule has 1 aromatic carbocycles. The largest absolute Gasteiger partial charge is 0.365 e. The zero-order valence-corrected chi connectivity index (χ0v) is 9.90. The number of halogens is 1. The van der Waals surface area contributed by atoms with Crippen LogP contribution in [0.25, 0.3) is 0 Å². The summed E-state index contributed by atoms with van der Waals surface area (Å²) < 4.78 is 0. The number of hydrogen-bond acceptors (Lipinski definition) is 3. The zero-order chi connectivity index (χ0) is 10.7. The molecule has 2 rings (SSSR count). The first-order valence-corrected chi connectivity index (χ1v) is 5.84. The van der Waals surface area contributed by atoms with E-state index in [1.165, 1.54) is 10.4 Å². The summed E-state index contributed by atoms with van der Waals surface area (Å²) in [5.74, 6) is 0. The van der Waals surface area contributed by atoms with Crippen molar-refractivity contribution >= 4 is 28.1 Å². The minimum atomic E-state index is 0.783. The highest BCUT2D eigenvalue weighted by atomic mass is 35.5. The molecule has 0 saturated heterocycles. The van der Waals surface area contributed by atoms with Crippen molar-refractivity contribution in [3.63, 3.8) is 0 Å². The lowest BCUT2D eigenvalue weighted by Crippen LogP contribution is -1.83. The van der Waals surface area contributed by atoms with Crippen molar-refractivity contribution in [2.24, 2.45) is 0 Å². The molecule has 0 radical (unpaired) electrons. The van der Waals surface area contributed by atoms with E-state index in [9.17, 15) is 0 Å². The number of benzene rings is 1. The molecule has 0 unspecified atom stereocenters. The molecule has 0 aliphatic carbocycles. The van der Waals surface area contributed by atoms with Crippen LogP contribution in [0.15, 0.2) is 30.5 Å². The molecular formula is C11H11ClN2S. The summed E-state index contributed by atoms with van der Waals surface area (Å²) in [7, 11) is 1.88. The van der Waals surface area contributed by atoms with Gasteiger partial charge in [0.05, 0.1) is 0 Å². The SMILES string of the molecule is CNc1ncc(Cc2cccc(Cl)c2)s1. The predicted molar refractivity (Wildman–Crippen MR) is 65.9 cm³/mol. The second-order valence-corrected chi connectivity index (χ2v) is 4.74. The van der Waals surface area contributed by atoms with Gasteiger partial charge < -0.3 is 5.32 Å². The maximum Gasteiger partial charge on any atom is 0.182 e. The van der Waals surface area contributed by atoms with Crippen LogP contribution in [0.4, 0.5) is 5.13 Å². The molecule has 15 heavy (non-hydrogen) atoms. The molecule has 2 aromatic rings. The van der Waals surface area contributed by atoms with Crippen molar-refractivity contribution < 1.29 is 0 Å². The third-order valence-corrected chi connectivity index (χ3v) is 3.28. The van der Waals surface area contributed by atoms with Gasteiger partial charge in [0.15, 0.2) is 5.13 Å². The monoisotopic (exact) mass is 238 g/mol. The molecule has 0 bridgehead atoms. The van der Waals surface area contributed by atoms with Gasteiger partial charge in [-0.15, -0.1) is 11.3 Å². The summed E-state index contributed by atoms with van der Waals surface area (Å²) in [4.78, 5) is 5.47. The van der Waals surface area contributed by atoms with E-state index in [-0.39, 0.29) is 0 Å². The zero-order valence-electron chi connectivity index (χ0n) is 8.33. The lowest BCUT2D eigenvalue weighted by atomic mass is 10.1. The lowest BCUT2D eigenvalue weighted by molar-refractivity contribution is 1.22. The van der Waals surface area contributed by atoms with Crippen LogP contribution in [-0.4, -0.2) is 12.0 Å². The van der Waals surface area contributed by atoms with E-state index >= 15 is 0 Å². The van der Waals surface area contributed by atoms with Gasteiger partial charge in [-0.1, -0.05) is 23.7 Å². The predicted octanol–water partition coefficient (Wildman–Crippen LogP) is 3.43. The second kappa shape index (κ2) is 4.64. The average Bonchev–Trinajstić information content (AvgIpc) is 2.65. The standard InChI is InChI=1S/C11H11ClN2S/c1-13-11-14-7-10(15-11)6-8-3-2-4-9(12)5-8/h2-5,7H,6H2,1H3,(H,13,14). The van der Waals surface area contributed by atoms with E-state index in [1.807, 2.05) is 31.4 Å². The first kappa shape index (κ1) is 10.5. The molecule has 0 aliphatic rings. The Balaban J connectivity index is 2.14. The summed E-state index contributed by atoms with van der Waals surface area (Å²) >= 11 is 7.59. The van der Waals surface area contributed by atoms with Gasteiger partial charge >= 0.3 is 0 Å². The number of aromatic nitrogens is 1. The Morgan fingerprint density at radius 1 is 1.47 bits per heavy atom. The Bertz CT molecular complexity index is 453. The fraction of sp³-hybridized carbons (Fsp3) is 0.182. The summed E-state index contributed by atoms with van der Waals surface area (Å²) in [5, 5.41) is 4.76. The number of thiazole rings is 1. The van der Waals surface area contributed by atoms with E-state index in [1.54, 1.807) is 11.3 Å². The molecule has 0 spiro atoms. The van der Waals surface area contributed by atoms with E-state index < -0.39 is 0 Å². The molecule has 1 heterocycles. The normalized spacial score (nSPS) is 10.3. The van der Waals surface area contributed by atoms with E-state index in [4.69, 9.17) is 11.6 Å². The van der Waals surface area contributed by atoms with Crippen molar-refractivity contribution in [3.8, 4) is 0 Å². The molecule has 78 valence electrons. The summed E-state index contributed by atoms with van der Waals surface area (Å²) in [6.07, 6.45) is 2.79. The number of nitrogens with zero attached hydrogens (tertiary/aromatic N) is 1. The Morgan fingerprint density at radius 3 is 3.00 bits per heavy atom. The molecule has 1 N–H and O–H groups in total. The highest BCUT2D eigenvalue weighted by Crippen LogP contribution is 2.21. The van der Waals surface area contributed by atoms with E-state index in [0.29, 0.717) is 0 Å². The summed E-state index contributed by atoms with van der Waals surface area (Å²) in [6, 6.07) is 7.92. The molecule has 4 heteroatoms. The van der Waals surface area contributed by atoms with Gasteiger partial charge in [0.1, 0.15) is 0 Å². The molecule has 1 aromatic heterocycles. The molecule has 0 fully saturated rings. The first-order chi connectivity index (χ1) is 7.28. The number of anilines is 1. The van der Waals surface area contributed by atoms with Crippen molar-refractivity contribution in [2.75, 3.05) is 12.4 Å². The number of nitrogens with one attached hydrogen (secondary N) is 1. The highest BCUT2D eigenvalue weighted by molar-refractivity contribution is 7.15. The van der Waals surface area contributed by atoms with Crippen LogP contribution in [0.1, 0.15) is 10.4 Å². The van der Waals surface area contributed by atoms with Gasteiger partial charge in [-0.2, -0.15) is 0 Å². The van der Waals surface area contributed by atoms with E-state index in [2.05, 4.69) is 16.4 Å². The molecule has 2 nitrogen and oxygen atoms in total. The average molecular weight is 239 g/mol. The minimum Gasteiger partial charge on any atom is -0.365 e. The molecule has 0 amide bonds. The van der Waals surface area contributed by atoms with Crippen LogP contribution in [0.3, 0.4) is 0 Å². The fourth-order valence-electron chi connectivity index (χ4n) is 1.35. The maximum absolute atomic E-state index is 5.92. The van der Waals surface area contributed by atoms with Crippen LogP contribution < -0.4 is 5.32 Å². The van der Waals surface area contributed by atoms with Gasteiger partial charge in [-0.3, -0.25) is 0 Å². The van der Waals surface area contributed by atoms with E-state index in [0.717, 1.165) is 16.6 Å². The van der Waals surface area contributed by atoms with Crippen molar-refractivity contribution in [1.29, 1.82) is 0 Å². The Labute approximate surface area is 97.9 Å². The smallest absolute Gasteiger partial charge is 0.182 e. The molecule has 0 aliphatic heterocycles. The van der Waals surface area contributed by atoms with Crippen molar-refractivity contribution in [1.82, 2.24) is 4.98 Å². The highest BCUT2D eigenvalue weighted by Gasteiger charge is 2.01. The Kier molecular flexibility index (Phi) is 3.23. The third kappa shape index (κ3) is 2.70. The third-order valence-electron chi connectivity index (χ3n) is 2.03. The molecule has 0 atom stereocenters. The minimum absolute atomic E-state index is 0.783. The summed E-state index contributed by atoms with van der Waals surface area (Å²) in [5.41, 5.74) is 1.22. The lowest BCUT2D eigenvalue weighted by Gasteiger charge is -1.98. The van der Waals surface area contributed by atoms with Gasteiger partial charge in [-0.05, 0) is 17.7 Å². The Hall–Kier alpha value is -1.06. The number of hydrogen-bond donors (Lipinski definition) is 1. The van der Waals surface area contributed by atoms with Crippen LogP contribution in [0.5, 0.6) is 0 Å². The summed E-state index contributed by atoms with van der Waals surface area (Å²) in [6.45, 7) is 0. The van der Waals surface area contributed by atoms with Crippen molar-refractivity contribution in [3.05, 3.63) is 45.9 Å². The number of rotatable bonds is 3. The van der Waals surface area contributed by atoms with Gasteiger partial charge in [0.25, 0.3) is 0 Å². The Morgan fingerprint density at radius 2 is 2.33 bits per heavy atom. The maximum atomic E-state index is 5.92. The van der Waals surface area contributed by atoms with Crippen LogP contribution in [0, 0.1) is 0 Å². The van der Waals surface area contributed by atoms with Gasteiger partial charge in [-0.25, -0.2) is 4.98 Å². The van der Waals surface area contributed by atoms with Crippen LogP contribution in [0.2, 0.25) is 5.02 Å².